The molecular weight excluding hydrogens is 292 g/mol. The molecular formula is C19H22O4. The first kappa shape index (κ1) is 17.0. The molecule has 1 aromatic rings. The second-order valence-electron chi connectivity index (χ2n) is 5.68. The van der Waals surface area contributed by atoms with Crippen molar-refractivity contribution >= 4 is 17.5 Å². The van der Waals surface area contributed by atoms with E-state index in [9.17, 15) is 9.59 Å². The van der Waals surface area contributed by atoms with Crippen LogP contribution in [-0.2, 0) is 25.5 Å². The number of esters is 2. The maximum absolute atomic E-state index is 12.8. The predicted octanol–water partition coefficient (Wildman–Crippen LogP) is 3.30. The molecule has 1 aliphatic carbocycles. The molecule has 1 aromatic carbocycles. The summed E-state index contributed by atoms with van der Waals surface area (Å²) in [4.78, 5) is 25.5. The van der Waals surface area contributed by atoms with E-state index in [-0.39, 0.29) is 19.6 Å². The molecule has 122 valence electrons. The van der Waals surface area contributed by atoms with Gasteiger partial charge in [0.25, 0.3) is 0 Å². The lowest BCUT2D eigenvalue weighted by Crippen LogP contribution is -2.42. The van der Waals surface area contributed by atoms with Crippen LogP contribution in [0.3, 0.4) is 0 Å². The molecule has 0 N–H and O–H groups in total. The number of benzene rings is 1. The number of hydrogen-bond donors (Lipinski definition) is 0. The Hall–Kier alpha value is -2.32. The lowest BCUT2D eigenvalue weighted by atomic mass is 9.80. The molecule has 0 saturated heterocycles. The second-order valence-corrected chi connectivity index (χ2v) is 5.68. The van der Waals surface area contributed by atoms with Crippen molar-refractivity contribution in [3.63, 3.8) is 0 Å². The summed E-state index contributed by atoms with van der Waals surface area (Å²) in [5.41, 5.74) is 4.95. The van der Waals surface area contributed by atoms with Gasteiger partial charge in [0.15, 0.2) is 0 Å². The molecule has 0 heterocycles. The Labute approximate surface area is 136 Å². The van der Waals surface area contributed by atoms with Crippen molar-refractivity contribution in [2.24, 2.45) is 5.41 Å². The second kappa shape index (κ2) is 6.84. The van der Waals surface area contributed by atoms with Crippen molar-refractivity contribution in [3.05, 3.63) is 46.7 Å². The molecule has 0 saturated carbocycles. The molecule has 1 aliphatic rings. The molecule has 4 heteroatoms. The first-order chi connectivity index (χ1) is 11.0. The Balaban J connectivity index is 2.73. The minimum Gasteiger partial charge on any atom is -0.465 e. The van der Waals surface area contributed by atoms with Crippen molar-refractivity contribution in [1.29, 1.82) is 0 Å². The van der Waals surface area contributed by atoms with Crippen LogP contribution in [0.5, 0.6) is 0 Å². The van der Waals surface area contributed by atoms with Crippen LogP contribution in [0.25, 0.3) is 5.57 Å². The lowest BCUT2D eigenvalue weighted by molar-refractivity contribution is -0.166. The zero-order valence-electron chi connectivity index (χ0n) is 14.1. The maximum atomic E-state index is 12.8. The summed E-state index contributed by atoms with van der Waals surface area (Å²) in [6.07, 6.45) is 0.246. The average Bonchev–Trinajstić information content (AvgIpc) is 2.83. The summed E-state index contributed by atoms with van der Waals surface area (Å²) in [5.74, 6) is -1.14. The van der Waals surface area contributed by atoms with E-state index in [1.54, 1.807) is 13.8 Å². The van der Waals surface area contributed by atoms with E-state index in [1.165, 1.54) is 0 Å². The Bertz CT molecular complexity index is 671. The van der Waals surface area contributed by atoms with Crippen LogP contribution >= 0.6 is 0 Å². The van der Waals surface area contributed by atoms with Crippen LogP contribution in [0, 0.1) is 5.41 Å². The van der Waals surface area contributed by atoms with Crippen molar-refractivity contribution < 1.29 is 19.1 Å². The summed E-state index contributed by atoms with van der Waals surface area (Å²) in [6, 6.07) is 7.60. The standard InChI is InChI=1S/C19H22O4/c1-5-22-17(20)19(18(21)23-6-2)12-14-9-7-8-10-15(14)16(19)11-13(3)4/h7-10H,5-6,12H2,1-4H3. The number of ether oxygens (including phenoxy) is 2. The Morgan fingerprint density at radius 3 is 2.17 bits per heavy atom. The molecule has 0 unspecified atom stereocenters. The molecule has 0 fully saturated rings. The fourth-order valence-electron chi connectivity index (χ4n) is 2.89. The van der Waals surface area contributed by atoms with Crippen molar-refractivity contribution in [3.8, 4) is 0 Å². The summed E-state index contributed by atoms with van der Waals surface area (Å²) in [6.45, 7) is 7.63. The molecule has 0 aliphatic heterocycles. The maximum Gasteiger partial charge on any atom is 0.329 e. The molecule has 0 spiro atoms. The number of hydrogen-bond acceptors (Lipinski definition) is 4. The lowest BCUT2D eigenvalue weighted by Gasteiger charge is -2.25. The van der Waals surface area contributed by atoms with E-state index >= 15 is 0 Å². The Morgan fingerprint density at radius 1 is 1.09 bits per heavy atom. The largest absolute Gasteiger partial charge is 0.465 e. The summed E-state index contributed by atoms with van der Waals surface area (Å²) < 4.78 is 10.5. The topological polar surface area (TPSA) is 52.6 Å². The minimum atomic E-state index is -1.47. The quantitative estimate of drug-likeness (QED) is 0.486. The fraction of sp³-hybridized carbons (Fsp3) is 0.421. The van der Waals surface area contributed by atoms with Gasteiger partial charge in [-0.05, 0) is 44.4 Å². The van der Waals surface area contributed by atoms with Crippen LogP contribution in [0.4, 0.5) is 0 Å². The van der Waals surface area contributed by atoms with Gasteiger partial charge in [0.1, 0.15) is 0 Å². The van der Waals surface area contributed by atoms with E-state index in [4.69, 9.17) is 9.47 Å². The van der Waals surface area contributed by atoms with E-state index in [0.29, 0.717) is 5.57 Å². The zero-order chi connectivity index (χ0) is 17.0. The molecule has 0 amide bonds. The van der Waals surface area contributed by atoms with E-state index in [2.05, 4.69) is 5.73 Å². The van der Waals surface area contributed by atoms with E-state index in [1.807, 2.05) is 38.1 Å². The first-order valence-electron chi connectivity index (χ1n) is 7.84. The van der Waals surface area contributed by atoms with Gasteiger partial charge in [-0.2, -0.15) is 0 Å². The Morgan fingerprint density at radius 2 is 1.65 bits per heavy atom. The van der Waals surface area contributed by atoms with Gasteiger partial charge in [-0.25, -0.2) is 0 Å². The first-order valence-corrected chi connectivity index (χ1v) is 7.84. The zero-order valence-corrected chi connectivity index (χ0v) is 14.1. The summed E-state index contributed by atoms with van der Waals surface area (Å²) in [7, 11) is 0. The fourth-order valence-corrected chi connectivity index (χ4v) is 2.89. The van der Waals surface area contributed by atoms with Gasteiger partial charge in [0.2, 0.25) is 5.41 Å². The van der Waals surface area contributed by atoms with Gasteiger partial charge in [0, 0.05) is 12.0 Å². The number of carbonyl (C=O) groups is 2. The molecule has 0 radical (unpaired) electrons. The third-order valence-corrected chi connectivity index (χ3v) is 3.79. The van der Waals surface area contributed by atoms with Crippen molar-refractivity contribution in [2.75, 3.05) is 13.2 Å². The predicted molar refractivity (Wildman–Crippen MR) is 87.6 cm³/mol. The van der Waals surface area contributed by atoms with Gasteiger partial charge >= 0.3 is 11.9 Å². The highest BCUT2D eigenvalue weighted by Crippen LogP contribution is 2.48. The van der Waals surface area contributed by atoms with E-state index < -0.39 is 17.4 Å². The molecule has 0 atom stereocenters. The molecule has 23 heavy (non-hydrogen) atoms. The molecule has 4 nitrogen and oxygen atoms in total. The number of fused-ring (bicyclic) bond motifs is 1. The molecule has 2 rings (SSSR count). The van der Waals surface area contributed by atoms with Gasteiger partial charge in [-0.3, -0.25) is 9.59 Å². The monoisotopic (exact) mass is 314 g/mol. The third kappa shape index (κ3) is 2.95. The SMILES string of the molecule is CCOC(=O)C1(C(=O)OCC)Cc2ccccc2C1=C=C(C)C. The van der Waals surface area contributed by atoms with Gasteiger partial charge in [0.05, 0.1) is 13.2 Å². The van der Waals surface area contributed by atoms with Gasteiger partial charge in [-0.1, -0.05) is 24.3 Å². The minimum absolute atomic E-state index is 0.207. The highest BCUT2D eigenvalue weighted by Gasteiger charge is 2.56. The van der Waals surface area contributed by atoms with Crippen LogP contribution in [0.15, 0.2) is 35.6 Å². The summed E-state index contributed by atoms with van der Waals surface area (Å²) >= 11 is 0. The van der Waals surface area contributed by atoms with Crippen molar-refractivity contribution in [1.82, 2.24) is 0 Å². The molecule has 0 bridgehead atoms. The van der Waals surface area contributed by atoms with Crippen LogP contribution in [-0.4, -0.2) is 25.2 Å². The third-order valence-electron chi connectivity index (χ3n) is 3.79. The van der Waals surface area contributed by atoms with E-state index in [0.717, 1.165) is 16.7 Å². The normalized spacial score (nSPS) is 14.7. The Kier molecular flexibility index (Phi) is 5.07. The van der Waals surface area contributed by atoms with Crippen LogP contribution < -0.4 is 0 Å². The van der Waals surface area contributed by atoms with Crippen LogP contribution in [0.1, 0.15) is 38.8 Å². The highest BCUT2D eigenvalue weighted by atomic mass is 16.6. The number of rotatable bonds is 4. The van der Waals surface area contributed by atoms with Crippen molar-refractivity contribution in [2.45, 2.75) is 34.1 Å². The van der Waals surface area contributed by atoms with Gasteiger partial charge in [-0.15, -0.1) is 5.73 Å². The van der Waals surface area contributed by atoms with Gasteiger partial charge < -0.3 is 9.47 Å². The number of carbonyl (C=O) groups excluding carboxylic acids is 2. The average molecular weight is 314 g/mol. The van der Waals surface area contributed by atoms with Crippen LogP contribution in [0.2, 0.25) is 0 Å². The summed E-state index contributed by atoms with van der Waals surface area (Å²) in [5, 5.41) is 0. The highest BCUT2D eigenvalue weighted by molar-refractivity contribution is 6.14. The molecule has 0 aromatic heterocycles. The smallest absolute Gasteiger partial charge is 0.329 e.